The van der Waals surface area contributed by atoms with E-state index in [1.165, 1.54) is 11.3 Å². The number of rotatable bonds is 6. The average Bonchev–Trinajstić information content (AvgIpc) is 3.27. The van der Waals surface area contributed by atoms with Crippen molar-refractivity contribution in [3.8, 4) is 0 Å². The first-order valence-corrected chi connectivity index (χ1v) is 11.5. The SMILES string of the molecule is CN(Cc1cccs1)C(=O)Cc1ccc(S(=O)(=O)N2CCCCC2)s1. The molecule has 136 valence electrons. The van der Waals surface area contributed by atoms with Crippen LogP contribution in [0.25, 0.3) is 0 Å². The van der Waals surface area contributed by atoms with Gasteiger partial charge in [-0.1, -0.05) is 12.5 Å². The van der Waals surface area contributed by atoms with E-state index in [4.69, 9.17) is 0 Å². The molecule has 0 N–H and O–H groups in total. The summed E-state index contributed by atoms with van der Waals surface area (Å²) in [5.41, 5.74) is 0. The first-order valence-electron chi connectivity index (χ1n) is 8.32. The molecule has 25 heavy (non-hydrogen) atoms. The van der Waals surface area contributed by atoms with Crippen molar-refractivity contribution in [1.82, 2.24) is 9.21 Å². The highest BCUT2D eigenvalue weighted by Crippen LogP contribution is 2.27. The summed E-state index contributed by atoms with van der Waals surface area (Å²) in [5, 5.41) is 1.99. The molecular weight excluding hydrogens is 376 g/mol. The summed E-state index contributed by atoms with van der Waals surface area (Å²) in [6.07, 6.45) is 3.17. The molecule has 3 rings (SSSR count). The fraction of sp³-hybridized carbons (Fsp3) is 0.471. The number of piperidine rings is 1. The third-order valence-electron chi connectivity index (χ3n) is 4.27. The third kappa shape index (κ3) is 4.49. The number of sulfonamides is 1. The van der Waals surface area contributed by atoms with Crippen LogP contribution in [0.3, 0.4) is 0 Å². The highest BCUT2D eigenvalue weighted by atomic mass is 32.2. The van der Waals surface area contributed by atoms with Gasteiger partial charge in [0.15, 0.2) is 0 Å². The summed E-state index contributed by atoms with van der Waals surface area (Å²) in [4.78, 5) is 16.0. The van der Waals surface area contributed by atoms with E-state index in [2.05, 4.69) is 0 Å². The molecule has 1 fully saturated rings. The van der Waals surface area contributed by atoms with Crippen LogP contribution in [0.5, 0.6) is 0 Å². The smallest absolute Gasteiger partial charge is 0.252 e. The van der Waals surface area contributed by atoms with E-state index >= 15 is 0 Å². The van der Waals surface area contributed by atoms with Crippen LogP contribution >= 0.6 is 22.7 Å². The van der Waals surface area contributed by atoms with Crippen LogP contribution in [0.2, 0.25) is 0 Å². The lowest BCUT2D eigenvalue weighted by atomic mass is 10.2. The number of hydrogen-bond acceptors (Lipinski definition) is 5. The van der Waals surface area contributed by atoms with E-state index in [9.17, 15) is 13.2 Å². The molecule has 0 spiro atoms. The molecule has 0 atom stereocenters. The van der Waals surface area contributed by atoms with E-state index in [0.29, 0.717) is 23.8 Å². The topological polar surface area (TPSA) is 57.7 Å². The van der Waals surface area contributed by atoms with Gasteiger partial charge in [-0.05, 0) is 36.4 Å². The molecule has 1 saturated heterocycles. The second-order valence-electron chi connectivity index (χ2n) is 6.19. The normalized spacial score (nSPS) is 16.0. The molecule has 2 aromatic rings. The number of hydrogen-bond donors (Lipinski definition) is 0. The highest BCUT2D eigenvalue weighted by Gasteiger charge is 2.27. The molecule has 1 aliphatic heterocycles. The van der Waals surface area contributed by atoms with E-state index < -0.39 is 10.0 Å². The number of thiophene rings is 2. The monoisotopic (exact) mass is 398 g/mol. The zero-order valence-electron chi connectivity index (χ0n) is 14.2. The van der Waals surface area contributed by atoms with Crippen LogP contribution in [-0.2, 0) is 27.8 Å². The second-order valence-corrected chi connectivity index (χ2v) is 10.6. The minimum Gasteiger partial charge on any atom is -0.340 e. The van der Waals surface area contributed by atoms with Crippen LogP contribution in [0.15, 0.2) is 33.9 Å². The Morgan fingerprint density at radius 1 is 1.16 bits per heavy atom. The van der Waals surface area contributed by atoms with Crippen molar-refractivity contribution in [1.29, 1.82) is 0 Å². The first kappa shape index (κ1) is 18.6. The number of carbonyl (C=O) groups is 1. The summed E-state index contributed by atoms with van der Waals surface area (Å²) in [6, 6.07) is 7.37. The van der Waals surface area contributed by atoms with Crippen molar-refractivity contribution in [3.05, 3.63) is 39.4 Å². The Labute approximate surface area is 156 Å². The van der Waals surface area contributed by atoms with Crippen LogP contribution in [0.1, 0.15) is 29.0 Å². The summed E-state index contributed by atoms with van der Waals surface area (Å²) in [7, 11) is -1.63. The molecule has 0 radical (unpaired) electrons. The molecule has 8 heteroatoms. The molecule has 0 unspecified atom stereocenters. The van der Waals surface area contributed by atoms with Crippen LogP contribution in [0, 0.1) is 0 Å². The lowest BCUT2D eigenvalue weighted by Crippen LogP contribution is -2.35. The van der Waals surface area contributed by atoms with Crippen LogP contribution < -0.4 is 0 Å². The van der Waals surface area contributed by atoms with Gasteiger partial charge in [-0.3, -0.25) is 4.79 Å². The molecule has 0 saturated carbocycles. The van der Waals surface area contributed by atoms with Crippen molar-refractivity contribution < 1.29 is 13.2 Å². The molecule has 5 nitrogen and oxygen atoms in total. The number of carbonyl (C=O) groups excluding carboxylic acids is 1. The molecule has 1 aliphatic rings. The lowest BCUT2D eigenvalue weighted by molar-refractivity contribution is -0.129. The van der Waals surface area contributed by atoms with Gasteiger partial charge in [0.1, 0.15) is 4.21 Å². The minimum absolute atomic E-state index is 0.00262. The van der Waals surface area contributed by atoms with Gasteiger partial charge in [-0.15, -0.1) is 22.7 Å². The standard InChI is InChI=1S/C17H22N2O3S3/c1-18(13-15-6-5-11-23-15)16(20)12-14-7-8-17(24-14)25(21,22)19-9-3-2-4-10-19/h5-8,11H,2-4,9-10,12-13H2,1H3. The second kappa shape index (κ2) is 7.99. The number of nitrogens with zero attached hydrogens (tertiary/aromatic N) is 2. The molecule has 2 aromatic heterocycles. The maximum Gasteiger partial charge on any atom is 0.252 e. The fourth-order valence-corrected chi connectivity index (χ4v) is 6.61. The quantitative estimate of drug-likeness (QED) is 0.751. The predicted molar refractivity (Wildman–Crippen MR) is 101 cm³/mol. The number of amides is 1. The van der Waals surface area contributed by atoms with Gasteiger partial charge in [0.25, 0.3) is 10.0 Å². The minimum atomic E-state index is -3.41. The molecule has 0 aromatic carbocycles. The molecular formula is C17H22N2O3S3. The highest BCUT2D eigenvalue weighted by molar-refractivity contribution is 7.91. The van der Waals surface area contributed by atoms with Crippen LogP contribution in [-0.4, -0.2) is 43.7 Å². The largest absolute Gasteiger partial charge is 0.340 e. The fourth-order valence-electron chi connectivity index (χ4n) is 2.83. The maximum absolute atomic E-state index is 12.7. The van der Waals surface area contributed by atoms with Crippen molar-refractivity contribution in [2.75, 3.05) is 20.1 Å². The van der Waals surface area contributed by atoms with Crippen molar-refractivity contribution in [2.45, 2.75) is 36.4 Å². The zero-order chi connectivity index (χ0) is 17.9. The Bertz CT molecular complexity index is 806. The summed E-state index contributed by atoms with van der Waals surface area (Å²) < 4.78 is 27.3. The van der Waals surface area contributed by atoms with E-state index in [0.717, 1.165) is 29.0 Å². The molecule has 3 heterocycles. The molecule has 0 aliphatic carbocycles. The van der Waals surface area contributed by atoms with Gasteiger partial charge in [-0.25, -0.2) is 8.42 Å². The van der Waals surface area contributed by atoms with Crippen LogP contribution in [0.4, 0.5) is 0 Å². The maximum atomic E-state index is 12.7. The lowest BCUT2D eigenvalue weighted by Gasteiger charge is -2.25. The van der Waals surface area contributed by atoms with E-state index in [-0.39, 0.29) is 12.3 Å². The molecule has 0 bridgehead atoms. The van der Waals surface area contributed by atoms with Gasteiger partial charge < -0.3 is 4.90 Å². The van der Waals surface area contributed by atoms with Crippen molar-refractivity contribution >= 4 is 38.6 Å². The average molecular weight is 399 g/mol. The van der Waals surface area contributed by atoms with Gasteiger partial charge >= 0.3 is 0 Å². The summed E-state index contributed by atoms with van der Waals surface area (Å²) in [6.45, 7) is 1.77. The summed E-state index contributed by atoms with van der Waals surface area (Å²) in [5.74, 6) is -0.00262. The zero-order valence-corrected chi connectivity index (χ0v) is 16.6. The Morgan fingerprint density at radius 2 is 1.92 bits per heavy atom. The van der Waals surface area contributed by atoms with Gasteiger partial charge in [0.2, 0.25) is 5.91 Å². The van der Waals surface area contributed by atoms with Gasteiger partial charge in [0, 0.05) is 29.9 Å². The van der Waals surface area contributed by atoms with Gasteiger partial charge in [-0.2, -0.15) is 4.31 Å². The first-order chi connectivity index (χ1) is 12.0. The van der Waals surface area contributed by atoms with E-state index in [1.807, 2.05) is 17.5 Å². The van der Waals surface area contributed by atoms with Crippen molar-refractivity contribution in [2.24, 2.45) is 0 Å². The summed E-state index contributed by atoms with van der Waals surface area (Å²) >= 11 is 2.83. The Kier molecular flexibility index (Phi) is 5.93. The Balaban J connectivity index is 1.63. The Morgan fingerprint density at radius 3 is 2.60 bits per heavy atom. The van der Waals surface area contributed by atoms with E-state index in [1.54, 1.807) is 39.7 Å². The number of likely N-dealkylation sites (N-methyl/N-ethyl adjacent to an activating group) is 1. The Hall–Kier alpha value is -1.22. The molecule has 1 amide bonds. The van der Waals surface area contributed by atoms with Gasteiger partial charge in [0.05, 0.1) is 13.0 Å². The third-order valence-corrected chi connectivity index (χ3v) is 8.58. The predicted octanol–water partition coefficient (Wildman–Crippen LogP) is 3.19. The van der Waals surface area contributed by atoms with Crippen molar-refractivity contribution in [3.63, 3.8) is 0 Å².